The number of carbonyl (C=O) groups excluding carboxylic acids is 2. The summed E-state index contributed by atoms with van der Waals surface area (Å²) in [5.74, 6) is -0.0130. The van der Waals surface area contributed by atoms with Crippen LogP contribution in [0.3, 0.4) is 0 Å². The van der Waals surface area contributed by atoms with Crippen LogP contribution in [-0.4, -0.2) is 78.7 Å². The molecule has 0 aromatic heterocycles. The van der Waals surface area contributed by atoms with E-state index in [2.05, 4.69) is 4.90 Å². The average Bonchev–Trinajstić information content (AvgIpc) is 3.38. The molecule has 2 aromatic carbocycles. The van der Waals surface area contributed by atoms with E-state index in [1.807, 2.05) is 50.2 Å². The van der Waals surface area contributed by atoms with Crippen LogP contribution in [0, 0.1) is 0 Å². The number of hydrogen-bond donors (Lipinski definition) is 1. The van der Waals surface area contributed by atoms with Crippen molar-refractivity contribution in [3.05, 3.63) is 64.7 Å². The van der Waals surface area contributed by atoms with Crippen molar-refractivity contribution in [3.63, 3.8) is 0 Å². The van der Waals surface area contributed by atoms with Gasteiger partial charge in [0.1, 0.15) is 23.4 Å². The molecule has 1 amide bonds. The Labute approximate surface area is 211 Å². The summed E-state index contributed by atoms with van der Waals surface area (Å²) in [6, 6.07) is 12.1. The highest BCUT2D eigenvalue weighted by atomic mass is 16.5. The highest BCUT2D eigenvalue weighted by Crippen LogP contribution is 2.41. The number of carbonyl (C=O) groups is 2. The minimum atomic E-state index is -0.713. The van der Waals surface area contributed by atoms with Crippen LogP contribution in [0.1, 0.15) is 36.6 Å². The number of amides is 1. The molecule has 2 aromatic rings. The van der Waals surface area contributed by atoms with Gasteiger partial charge in [0.25, 0.3) is 11.7 Å². The molecule has 0 aliphatic carbocycles. The van der Waals surface area contributed by atoms with Crippen molar-refractivity contribution < 1.29 is 28.9 Å². The van der Waals surface area contributed by atoms with Gasteiger partial charge in [0.15, 0.2) is 0 Å². The van der Waals surface area contributed by atoms with Crippen molar-refractivity contribution in [2.75, 3.05) is 46.0 Å². The van der Waals surface area contributed by atoms with E-state index in [0.29, 0.717) is 44.2 Å². The molecule has 3 aliphatic heterocycles. The molecule has 3 heterocycles. The number of ketones is 1. The van der Waals surface area contributed by atoms with Crippen molar-refractivity contribution in [3.8, 4) is 11.5 Å². The summed E-state index contributed by atoms with van der Waals surface area (Å²) in [6.45, 7) is 8.24. The van der Waals surface area contributed by atoms with E-state index in [0.717, 1.165) is 36.4 Å². The topological polar surface area (TPSA) is 88.5 Å². The number of Topliss-reactive ketones (excluding diaryl/α,β-unsaturated/α-hetero) is 1. The van der Waals surface area contributed by atoms with Crippen LogP contribution in [0.4, 0.5) is 0 Å². The van der Waals surface area contributed by atoms with E-state index in [9.17, 15) is 14.7 Å². The van der Waals surface area contributed by atoms with Crippen molar-refractivity contribution >= 4 is 17.4 Å². The van der Waals surface area contributed by atoms with E-state index in [4.69, 9.17) is 14.2 Å². The third kappa shape index (κ3) is 4.70. The van der Waals surface area contributed by atoms with Crippen LogP contribution in [0.25, 0.3) is 5.76 Å². The van der Waals surface area contributed by atoms with Crippen LogP contribution in [0.5, 0.6) is 11.5 Å². The highest BCUT2D eigenvalue weighted by Gasteiger charge is 2.46. The van der Waals surface area contributed by atoms with Gasteiger partial charge in [0.05, 0.1) is 31.4 Å². The molecule has 0 radical (unpaired) electrons. The average molecular weight is 493 g/mol. The van der Waals surface area contributed by atoms with Crippen LogP contribution >= 0.6 is 0 Å². The Hall–Kier alpha value is -3.36. The quantitative estimate of drug-likeness (QED) is 0.361. The molecule has 36 heavy (non-hydrogen) atoms. The van der Waals surface area contributed by atoms with Gasteiger partial charge in [-0.25, -0.2) is 0 Å². The number of rotatable bonds is 7. The van der Waals surface area contributed by atoms with Gasteiger partial charge in [-0.2, -0.15) is 0 Å². The Morgan fingerprint density at radius 1 is 1.11 bits per heavy atom. The molecule has 3 aliphatic rings. The maximum Gasteiger partial charge on any atom is 0.295 e. The van der Waals surface area contributed by atoms with Gasteiger partial charge >= 0.3 is 0 Å². The SMILES string of the molecule is CCOc1cccc([C@@H]2/C(=C(\O)c3ccc4c(c3)C[C@H](C)O4)C(=O)C(=O)N2CCN2CCOCC2)c1. The maximum atomic E-state index is 13.4. The number of benzene rings is 2. The van der Waals surface area contributed by atoms with Gasteiger partial charge in [-0.15, -0.1) is 0 Å². The third-order valence-corrected chi connectivity index (χ3v) is 6.96. The summed E-state index contributed by atoms with van der Waals surface area (Å²) in [6.07, 6.45) is 0.786. The monoisotopic (exact) mass is 492 g/mol. The summed E-state index contributed by atoms with van der Waals surface area (Å²) in [7, 11) is 0. The lowest BCUT2D eigenvalue weighted by Crippen LogP contribution is -2.42. The fourth-order valence-corrected chi connectivity index (χ4v) is 5.20. The summed E-state index contributed by atoms with van der Waals surface area (Å²) in [4.78, 5) is 30.4. The molecule has 0 unspecified atom stereocenters. The molecular weight excluding hydrogens is 460 g/mol. The van der Waals surface area contributed by atoms with E-state index in [1.165, 1.54) is 0 Å². The second kappa shape index (κ2) is 10.3. The fourth-order valence-electron chi connectivity index (χ4n) is 5.20. The minimum Gasteiger partial charge on any atom is -0.507 e. The van der Waals surface area contributed by atoms with Crippen LogP contribution in [0.15, 0.2) is 48.0 Å². The van der Waals surface area contributed by atoms with Crippen LogP contribution < -0.4 is 9.47 Å². The molecule has 0 bridgehead atoms. The van der Waals surface area contributed by atoms with Crippen molar-refractivity contribution in [1.29, 1.82) is 0 Å². The first-order valence-corrected chi connectivity index (χ1v) is 12.6. The normalized spacial score (nSPS) is 23.6. The van der Waals surface area contributed by atoms with Crippen molar-refractivity contribution in [1.82, 2.24) is 9.80 Å². The smallest absolute Gasteiger partial charge is 0.295 e. The highest BCUT2D eigenvalue weighted by molar-refractivity contribution is 6.46. The van der Waals surface area contributed by atoms with Gasteiger partial charge in [0.2, 0.25) is 0 Å². The number of hydrogen-bond acceptors (Lipinski definition) is 7. The Kier molecular flexibility index (Phi) is 6.98. The number of fused-ring (bicyclic) bond motifs is 1. The lowest BCUT2D eigenvalue weighted by molar-refractivity contribution is -0.140. The Morgan fingerprint density at radius 3 is 2.69 bits per heavy atom. The number of ether oxygens (including phenoxy) is 3. The molecular formula is C28H32N2O6. The van der Waals surface area contributed by atoms with E-state index in [1.54, 1.807) is 11.0 Å². The van der Waals surface area contributed by atoms with E-state index >= 15 is 0 Å². The number of aliphatic hydroxyl groups excluding tert-OH is 1. The fraction of sp³-hybridized carbons (Fsp3) is 0.429. The molecule has 2 fully saturated rings. The standard InChI is InChI=1S/C28H32N2O6/c1-3-35-22-6-4-5-19(17-22)25-24(26(31)20-7-8-23-21(16-20)15-18(2)36-23)27(32)28(33)30(25)10-9-29-11-13-34-14-12-29/h4-8,16-18,25,31H,3,9-15H2,1-2H3/b26-24+/t18-,25+/m0/s1. The van der Waals surface area contributed by atoms with Crippen molar-refractivity contribution in [2.24, 2.45) is 0 Å². The number of nitrogens with zero attached hydrogens (tertiary/aromatic N) is 2. The molecule has 5 rings (SSSR count). The van der Waals surface area contributed by atoms with E-state index in [-0.39, 0.29) is 17.4 Å². The molecule has 0 saturated carbocycles. The second-order valence-electron chi connectivity index (χ2n) is 9.41. The van der Waals surface area contributed by atoms with Crippen LogP contribution in [0.2, 0.25) is 0 Å². The van der Waals surface area contributed by atoms with Gasteiger partial charge in [-0.05, 0) is 55.3 Å². The first-order chi connectivity index (χ1) is 17.5. The summed E-state index contributed by atoms with van der Waals surface area (Å²) < 4.78 is 16.9. The lowest BCUT2D eigenvalue weighted by atomic mass is 9.94. The number of aliphatic hydroxyl groups is 1. The Morgan fingerprint density at radius 2 is 1.92 bits per heavy atom. The first-order valence-electron chi connectivity index (χ1n) is 12.6. The van der Waals surface area contributed by atoms with E-state index < -0.39 is 17.7 Å². The van der Waals surface area contributed by atoms with Gasteiger partial charge in [-0.3, -0.25) is 14.5 Å². The van der Waals surface area contributed by atoms with Gasteiger partial charge in [0, 0.05) is 38.2 Å². The largest absolute Gasteiger partial charge is 0.507 e. The number of likely N-dealkylation sites (tertiary alicyclic amines) is 1. The molecule has 8 heteroatoms. The lowest BCUT2D eigenvalue weighted by Gasteiger charge is -2.31. The zero-order valence-electron chi connectivity index (χ0n) is 20.7. The predicted molar refractivity (Wildman–Crippen MR) is 134 cm³/mol. The predicted octanol–water partition coefficient (Wildman–Crippen LogP) is 3.16. The molecule has 8 nitrogen and oxygen atoms in total. The molecule has 190 valence electrons. The summed E-state index contributed by atoms with van der Waals surface area (Å²) in [5, 5.41) is 11.4. The third-order valence-electron chi connectivity index (χ3n) is 6.96. The summed E-state index contributed by atoms with van der Waals surface area (Å²) >= 11 is 0. The molecule has 1 N–H and O–H groups in total. The minimum absolute atomic E-state index is 0.0597. The zero-order valence-corrected chi connectivity index (χ0v) is 20.7. The van der Waals surface area contributed by atoms with Gasteiger partial charge < -0.3 is 24.2 Å². The number of morpholine rings is 1. The first kappa shape index (κ1) is 24.3. The zero-order chi connectivity index (χ0) is 25.2. The van der Waals surface area contributed by atoms with Gasteiger partial charge in [-0.1, -0.05) is 12.1 Å². The maximum absolute atomic E-state index is 13.4. The molecule has 0 spiro atoms. The second-order valence-corrected chi connectivity index (χ2v) is 9.41. The van der Waals surface area contributed by atoms with Crippen molar-refractivity contribution in [2.45, 2.75) is 32.4 Å². The Balaban J connectivity index is 1.54. The van der Waals surface area contributed by atoms with Crippen LogP contribution in [-0.2, 0) is 20.7 Å². The Bertz CT molecular complexity index is 1190. The molecule has 2 saturated heterocycles. The summed E-state index contributed by atoms with van der Waals surface area (Å²) in [5.41, 5.74) is 2.30. The molecule has 2 atom stereocenters.